The van der Waals surface area contributed by atoms with E-state index in [2.05, 4.69) is 10.2 Å². The van der Waals surface area contributed by atoms with E-state index in [1.165, 1.54) is 13.4 Å². The fourth-order valence-electron chi connectivity index (χ4n) is 3.66. The van der Waals surface area contributed by atoms with Crippen LogP contribution in [0.1, 0.15) is 31.3 Å². The van der Waals surface area contributed by atoms with Crippen molar-refractivity contribution in [3.63, 3.8) is 0 Å². The van der Waals surface area contributed by atoms with Gasteiger partial charge in [-0.25, -0.2) is 4.79 Å². The molecule has 2 aromatic carbocycles. The molecule has 1 N–H and O–H groups in total. The zero-order chi connectivity index (χ0) is 22.5. The van der Waals surface area contributed by atoms with E-state index in [1.807, 2.05) is 35.2 Å². The van der Waals surface area contributed by atoms with Gasteiger partial charge in [0.15, 0.2) is 5.76 Å². The summed E-state index contributed by atoms with van der Waals surface area (Å²) in [5.74, 6) is -0.755. The van der Waals surface area contributed by atoms with Gasteiger partial charge in [-0.05, 0) is 42.5 Å². The van der Waals surface area contributed by atoms with Gasteiger partial charge in [0.2, 0.25) is 0 Å². The van der Waals surface area contributed by atoms with Crippen molar-refractivity contribution < 1.29 is 23.5 Å². The molecule has 0 atom stereocenters. The molecule has 0 saturated carbocycles. The SMILES string of the molecule is COC(=O)c1ccc(N2CCN(C(=O)c3ccccc3)CC2)c(NC(=O)c2ccco2)c1. The Balaban J connectivity index is 1.53. The van der Waals surface area contributed by atoms with Crippen LogP contribution in [0.25, 0.3) is 0 Å². The van der Waals surface area contributed by atoms with Crippen molar-refractivity contribution in [3.8, 4) is 0 Å². The lowest BCUT2D eigenvalue weighted by molar-refractivity contribution is 0.0600. The highest BCUT2D eigenvalue weighted by Crippen LogP contribution is 2.29. The average Bonchev–Trinajstić information content (AvgIpc) is 3.39. The van der Waals surface area contributed by atoms with Crippen molar-refractivity contribution in [2.24, 2.45) is 0 Å². The zero-order valence-electron chi connectivity index (χ0n) is 17.6. The van der Waals surface area contributed by atoms with Gasteiger partial charge < -0.3 is 24.3 Å². The number of rotatable bonds is 5. The van der Waals surface area contributed by atoms with Gasteiger partial charge in [0, 0.05) is 31.7 Å². The second-order valence-corrected chi connectivity index (χ2v) is 7.30. The summed E-state index contributed by atoms with van der Waals surface area (Å²) >= 11 is 0. The second kappa shape index (κ2) is 9.38. The third kappa shape index (κ3) is 4.49. The number of methoxy groups -OCH3 is 1. The van der Waals surface area contributed by atoms with Crippen LogP contribution in [0, 0.1) is 0 Å². The number of ether oxygens (including phenoxy) is 1. The summed E-state index contributed by atoms with van der Waals surface area (Å²) in [5, 5.41) is 2.83. The molecule has 2 amide bonds. The van der Waals surface area contributed by atoms with Gasteiger partial charge in [-0.1, -0.05) is 18.2 Å². The summed E-state index contributed by atoms with van der Waals surface area (Å²) in [6.07, 6.45) is 1.42. The Bertz CT molecular complexity index is 1100. The first kappa shape index (κ1) is 21.2. The van der Waals surface area contributed by atoms with Gasteiger partial charge in [-0.15, -0.1) is 0 Å². The maximum Gasteiger partial charge on any atom is 0.337 e. The minimum absolute atomic E-state index is 0.00219. The Labute approximate surface area is 185 Å². The number of carbonyl (C=O) groups excluding carboxylic acids is 3. The van der Waals surface area contributed by atoms with Crippen molar-refractivity contribution in [3.05, 3.63) is 83.8 Å². The van der Waals surface area contributed by atoms with Crippen LogP contribution in [0.5, 0.6) is 0 Å². The van der Waals surface area contributed by atoms with Gasteiger partial charge in [0.1, 0.15) is 0 Å². The molecule has 164 valence electrons. The van der Waals surface area contributed by atoms with Crippen molar-refractivity contribution >= 4 is 29.2 Å². The van der Waals surface area contributed by atoms with E-state index in [9.17, 15) is 14.4 Å². The Morgan fingerprint density at radius 3 is 2.31 bits per heavy atom. The molecule has 1 fully saturated rings. The van der Waals surface area contributed by atoms with Crippen LogP contribution in [-0.2, 0) is 4.74 Å². The number of nitrogens with one attached hydrogen (secondary N) is 1. The highest BCUT2D eigenvalue weighted by atomic mass is 16.5. The highest BCUT2D eigenvalue weighted by molar-refractivity contribution is 6.05. The molecular weight excluding hydrogens is 410 g/mol. The van der Waals surface area contributed by atoms with Crippen LogP contribution in [0.2, 0.25) is 0 Å². The van der Waals surface area contributed by atoms with E-state index in [4.69, 9.17) is 9.15 Å². The molecular formula is C24H23N3O5. The van der Waals surface area contributed by atoms with Gasteiger partial charge in [-0.3, -0.25) is 9.59 Å². The number of anilines is 2. The lowest BCUT2D eigenvalue weighted by Crippen LogP contribution is -2.49. The number of esters is 1. The number of hydrogen-bond acceptors (Lipinski definition) is 6. The molecule has 32 heavy (non-hydrogen) atoms. The average molecular weight is 433 g/mol. The molecule has 1 aliphatic rings. The minimum Gasteiger partial charge on any atom is -0.465 e. The number of amides is 2. The molecule has 0 spiro atoms. The smallest absolute Gasteiger partial charge is 0.337 e. The van der Waals surface area contributed by atoms with E-state index < -0.39 is 11.9 Å². The standard InChI is InChI=1S/C24H23N3O5/c1-31-24(30)18-9-10-20(19(16-18)25-22(28)21-8-5-15-32-21)26-11-13-27(14-12-26)23(29)17-6-3-2-4-7-17/h2-10,15-16H,11-14H2,1H3,(H,25,28). The monoisotopic (exact) mass is 433 g/mol. The van der Waals surface area contributed by atoms with Crippen LogP contribution in [0.4, 0.5) is 11.4 Å². The molecule has 8 nitrogen and oxygen atoms in total. The van der Waals surface area contributed by atoms with E-state index in [-0.39, 0.29) is 11.7 Å². The summed E-state index contributed by atoms with van der Waals surface area (Å²) < 4.78 is 9.98. The molecule has 0 aliphatic carbocycles. The lowest BCUT2D eigenvalue weighted by atomic mass is 10.1. The quantitative estimate of drug-likeness (QED) is 0.621. The predicted molar refractivity (Wildman–Crippen MR) is 119 cm³/mol. The molecule has 0 unspecified atom stereocenters. The maximum atomic E-state index is 12.7. The summed E-state index contributed by atoms with van der Waals surface area (Å²) in [5.41, 5.74) is 2.21. The highest BCUT2D eigenvalue weighted by Gasteiger charge is 2.25. The first-order valence-corrected chi connectivity index (χ1v) is 10.2. The van der Waals surface area contributed by atoms with E-state index in [1.54, 1.807) is 30.3 Å². The number of benzene rings is 2. The third-order valence-electron chi connectivity index (χ3n) is 5.34. The molecule has 0 bridgehead atoms. The zero-order valence-corrected chi connectivity index (χ0v) is 17.6. The lowest BCUT2D eigenvalue weighted by Gasteiger charge is -2.37. The number of hydrogen-bond donors (Lipinski definition) is 1. The fraction of sp³-hybridized carbons (Fsp3) is 0.208. The van der Waals surface area contributed by atoms with Crippen LogP contribution >= 0.6 is 0 Å². The topological polar surface area (TPSA) is 92.1 Å². The predicted octanol–water partition coefficient (Wildman–Crippen LogP) is 3.28. The van der Waals surface area contributed by atoms with Crippen molar-refractivity contribution in [2.75, 3.05) is 43.5 Å². The van der Waals surface area contributed by atoms with Crippen molar-refractivity contribution in [1.29, 1.82) is 0 Å². The fourth-order valence-corrected chi connectivity index (χ4v) is 3.66. The van der Waals surface area contributed by atoms with Gasteiger partial charge in [-0.2, -0.15) is 0 Å². The molecule has 4 rings (SSSR count). The molecule has 0 radical (unpaired) electrons. The Hall–Kier alpha value is -4.07. The second-order valence-electron chi connectivity index (χ2n) is 7.30. The third-order valence-corrected chi connectivity index (χ3v) is 5.34. The Morgan fingerprint density at radius 1 is 0.906 bits per heavy atom. The number of furan rings is 1. The molecule has 8 heteroatoms. The summed E-state index contributed by atoms with van der Waals surface area (Å²) in [7, 11) is 1.31. The Kier molecular flexibility index (Phi) is 6.21. The van der Waals surface area contributed by atoms with Crippen LogP contribution < -0.4 is 10.2 Å². The van der Waals surface area contributed by atoms with Gasteiger partial charge in [0.05, 0.1) is 30.3 Å². The van der Waals surface area contributed by atoms with E-state index in [0.717, 1.165) is 5.69 Å². The van der Waals surface area contributed by atoms with Crippen LogP contribution in [-0.4, -0.2) is 56.0 Å². The van der Waals surface area contributed by atoms with Gasteiger partial charge in [0.25, 0.3) is 11.8 Å². The van der Waals surface area contributed by atoms with Crippen LogP contribution in [0.15, 0.2) is 71.3 Å². The molecule has 1 aliphatic heterocycles. The molecule has 3 aromatic rings. The first-order chi connectivity index (χ1) is 15.6. The number of piperazine rings is 1. The maximum absolute atomic E-state index is 12.7. The normalized spacial score (nSPS) is 13.5. The minimum atomic E-state index is -0.497. The van der Waals surface area contributed by atoms with Crippen molar-refractivity contribution in [1.82, 2.24) is 4.90 Å². The Morgan fingerprint density at radius 2 is 1.66 bits per heavy atom. The van der Waals surface area contributed by atoms with Crippen molar-refractivity contribution in [2.45, 2.75) is 0 Å². The van der Waals surface area contributed by atoms with Gasteiger partial charge >= 0.3 is 5.97 Å². The largest absolute Gasteiger partial charge is 0.465 e. The summed E-state index contributed by atoms with van der Waals surface area (Å²) in [6.45, 7) is 2.25. The van der Waals surface area contributed by atoms with E-state index >= 15 is 0 Å². The van der Waals surface area contributed by atoms with E-state index in [0.29, 0.717) is 43.0 Å². The molecule has 1 aromatic heterocycles. The van der Waals surface area contributed by atoms with Crippen LogP contribution in [0.3, 0.4) is 0 Å². The molecule has 2 heterocycles. The summed E-state index contributed by atoms with van der Waals surface area (Å²) in [6, 6.07) is 17.4. The number of nitrogens with zero attached hydrogens (tertiary/aromatic N) is 2. The molecule has 1 saturated heterocycles. The number of carbonyl (C=O) groups is 3. The summed E-state index contributed by atoms with van der Waals surface area (Å²) in [4.78, 5) is 41.2. The first-order valence-electron chi connectivity index (χ1n) is 10.2.